The molecule has 126 valence electrons. The van der Waals surface area contributed by atoms with E-state index in [4.69, 9.17) is 4.74 Å². The van der Waals surface area contributed by atoms with Crippen LogP contribution < -0.4 is 0 Å². The minimum atomic E-state index is -0.946. The van der Waals surface area contributed by atoms with Gasteiger partial charge in [0, 0.05) is 20.7 Å². The lowest BCUT2D eigenvalue weighted by Gasteiger charge is -2.17. The number of carbonyl (C=O) groups is 2. The molecule has 1 amide bonds. The van der Waals surface area contributed by atoms with E-state index in [9.17, 15) is 14.7 Å². The number of carbonyl (C=O) groups excluding carboxylic acids is 1. The van der Waals surface area contributed by atoms with Crippen molar-refractivity contribution in [3.05, 3.63) is 59.7 Å². The molecule has 24 heavy (non-hydrogen) atoms. The number of nitrogens with zero attached hydrogens (tertiary/aromatic N) is 1. The quantitative estimate of drug-likeness (QED) is 0.849. The number of ether oxygens (including phenoxy) is 1. The minimum absolute atomic E-state index is 0.0251. The fraction of sp³-hybridized carbons (Fsp3) is 0.263. The number of hydrogen-bond donors (Lipinski definition) is 1. The summed E-state index contributed by atoms with van der Waals surface area (Å²) in [6.45, 7) is 0.914. The maximum atomic E-state index is 11.9. The molecule has 0 spiro atoms. The molecule has 5 nitrogen and oxygen atoms in total. The highest BCUT2D eigenvalue weighted by Crippen LogP contribution is 2.24. The van der Waals surface area contributed by atoms with Crippen LogP contribution in [0.15, 0.2) is 48.5 Å². The molecule has 2 aromatic rings. The fourth-order valence-corrected chi connectivity index (χ4v) is 2.45. The summed E-state index contributed by atoms with van der Waals surface area (Å²) in [5.41, 5.74) is 2.78. The zero-order valence-corrected chi connectivity index (χ0v) is 13.9. The van der Waals surface area contributed by atoms with Crippen LogP contribution in [-0.4, -0.2) is 42.6 Å². The van der Waals surface area contributed by atoms with Gasteiger partial charge in [0.15, 0.2) is 0 Å². The average molecular weight is 327 g/mol. The largest absolute Gasteiger partial charge is 0.478 e. The van der Waals surface area contributed by atoms with Crippen LogP contribution >= 0.6 is 0 Å². The Hall–Kier alpha value is -2.66. The van der Waals surface area contributed by atoms with Gasteiger partial charge in [0.2, 0.25) is 5.91 Å². The molecule has 0 atom stereocenters. The Bertz CT molecular complexity index is 710. The van der Waals surface area contributed by atoms with Crippen molar-refractivity contribution >= 4 is 11.9 Å². The highest BCUT2D eigenvalue weighted by atomic mass is 16.5. The van der Waals surface area contributed by atoms with E-state index in [1.54, 1.807) is 37.3 Å². The molecule has 1 N–H and O–H groups in total. The lowest BCUT2D eigenvalue weighted by atomic mass is 9.98. The highest BCUT2D eigenvalue weighted by molar-refractivity contribution is 5.96. The van der Waals surface area contributed by atoms with Crippen LogP contribution in [0, 0.1) is 0 Å². The van der Waals surface area contributed by atoms with Gasteiger partial charge >= 0.3 is 5.97 Å². The maximum absolute atomic E-state index is 11.9. The van der Waals surface area contributed by atoms with Gasteiger partial charge in [0.25, 0.3) is 0 Å². The molecule has 2 aromatic carbocycles. The van der Waals surface area contributed by atoms with Gasteiger partial charge in [-0.2, -0.15) is 0 Å². The number of aromatic carboxylic acids is 1. The van der Waals surface area contributed by atoms with Crippen LogP contribution in [0.2, 0.25) is 0 Å². The molecule has 0 saturated heterocycles. The maximum Gasteiger partial charge on any atom is 0.336 e. The zero-order chi connectivity index (χ0) is 17.5. The lowest BCUT2D eigenvalue weighted by molar-refractivity contribution is -0.131. The van der Waals surface area contributed by atoms with E-state index in [1.165, 1.54) is 0 Å². The van der Waals surface area contributed by atoms with Crippen LogP contribution in [-0.2, 0) is 16.1 Å². The summed E-state index contributed by atoms with van der Waals surface area (Å²) in [5, 5.41) is 9.28. The first-order valence-electron chi connectivity index (χ1n) is 7.67. The molecule has 0 bridgehead atoms. The Kier molecular flexibility index (Phi) is 6.09. The van der Waals surface area contributed by atoms with Gasteiger partial charge in [-0.3, -0.25) is 4.79 Å². The molecule has 2 rings (SSSR count). The van der Waals surface area contributed by atoms with Gasteiger partial charge in [0.05, 0.1) is 18.6 Å². The topological polar surface area (TPSA) is 66.8 Å². The minimum Gasteiger partial charge on any atom is -0.478 e. The molecule has 0 saturated carbocycles. The molecule has 0 unspecified atom stereocenters. The van der Waals surface area contributed by atoms with Crippen molar-refractivity contribution in [1.29, 1.82) is 0 Å². The third-order valence-electron chi connectivity index (χ3n) is 3.79. The van der Waals surface area contributed by atoms with Crippen molar-refractivity contribution in [2.45, 2.75) is 13.0 Å². The monoisotopic (exact) mass is 327 g/mol. The zero-order valence-electron chi connectivity index (χ0n) is 13.9. The fourth-order valence-electron chi connectivity index (χ4n) is 2.45. The van der Waals surface area contributed by atoms with Crippen molar-refractivity contribution in [2.75, 3.05) is 20.8 Å². The van der Waals surface area contributed by atoms with Gasteiger partial charge in [-0.1, -0.05) is 42.5 Å². The second kappa shape index (κ2) is 8.26. The van der Waals surface area contributed by atoms with Gasteiger partial charge in [-0.15, -0.1) is 0 Å². The number of benzene rings is 2. The molecule has 0 aliphatic rings. The first-order chi connectivity index (χ1) is 11.5. The predicted molar refractivity (Wildman–Crippen MR) is 91.8 cm³/mol. The van der Waals surface area contributed by atoms with E-state index < -0.39 is 5.97 Å². The van der Waals surface area contributed by atoms with Crippen molar-refractivity contribution in [3.63, 3.8) is 0 Å². The average Bonchev–Trinajstić information content (AvgIpc) is 2.60. The number of carboxylic acid groups (broad SMARTS) is 1. The van der Waals surface area contributed by atoms with Crippen LogP contribution in [0.5, 0.6) is 0 Å². The van der Waals surface area contributed by atoms with E-state index in [2.05, 4.69) is 0 Å². The summed E-state index contributed by atoms with van der Waals surface area (Å²) in [6.07, 6.45) is 0.358. The summed E-state index contributed by atoms with van der Waals surface area (Å²) < 4.78 is 4.91. The molecule has 0 radical (unpaired) electrons. The highest BCUT2D eigenvalue weighted by Gasteiger charge is 2.12. The SMILES string of the molecule is COCCC(=O)N(C)Cc1ccc(-c2ccccc2C(=O)O)cc1. The molecule has 0 fully saturated rings. The van der Waals surface area contributed by atoms with Gasteiger partial charge in [-0.05, 0) is 22.8 Å². The summed E-state index contributed by atoms with van der Waals surface area (Å²) in [4.78, 5) is 24.9. The van der Waals surface area contributed by atoms with Gasteiger partial charge in [-0.25, -0.2) is 4.79 Å². The Morgan fingerprint density at radius 3 is 2.38 bits per heavy atom. The molecule has 5 heteroatoms. The van der Waals surface area contributed by atoms with Crippen LogP contribution in [0.4, 0.5) is 0 Å². The van der Waals surface area contributed by atoms with Crippen molar-refractivity contribution in [2.24, 2.45) is 0 Å². The number of carboxylic acids is 1. The third-order valence-corrected chi connectivity index (χ3v) is 3.79. The van der Waals surface area contributed by atoms with Gasteiger partial charge < -0.3 is 14.7 Å². The molecular formula is C19H21NO4. The first kappa shape index (κ1) is 17.7. The van der Waals surface area contributed by atoms with E-state index in [1.807, 2.05) is 30.3 Å². The Morgan fingerprint density at radius 1 is 1.08 bits per heavy atom. The van der Waals surface area contributed by atoms with E-state index in [0.717, 1.165) is 11.1 Å². The number of amides is 1. The Morgan fingerprint density at radius 2 is 1.75 bits per heavy atom. The molecule has 0 aliphatic carbocycles. The summed E-state index contributed by atoms with van der Waals surface area (Å²) >= 11 is 0. The predicted octanol–water partition coefficient (Wildman–Crippen LogP) is 3.05. The first-order valence-corrected chi connectivity index (χ1v) is 7.67. The number of methoxy groups -OCH3 is 1. The third kappa shape index (κ3) is 4.43. The molecule has 0 heterocycles. The van der Waals surface area contributed by atoms with Crippen LogP contribution in [0.3, 0.4) is 0 Å². The number of hydrogen-bond acceptors (Lipinski definition) is 3. The molecule has 0 aliphatic heterocycles. The van der Waals surface area contributed by atoms with Crippen LogP contribution in [0.1, 0.15) is 22.3 Å². The smallest absolute Gasteiger partial charge is 0.336 e. The van der Waals surface area contributed by atoms with Crippen LogP contribution in [0.25, 0.3) is 11.1 Å². The second-order valence-electron chi connectivity index (χ2n) is 5.54. The second-order valence-corrected chi connectivity index (χ2v) is 5.54. The number of rotatable bonds is 7. The molecular weight excluding hydrogens is 306 g/mol. The molecule has 0 aromatic heterocycles. The standard InChI is InChI=1S/C19H21NO4/c1-20(18(21)11-12-24-2)13-14-7-9-15(10-8-14)16-5-3-4-6-17(16)19(22)23/h3-10H,11-13H2,1-2H3,(H,22,23). The van der Waals surface area contributed by atoms with Crippen molar-refractivity contribution in [3.8, 4) is 11.1 Å². The van der Waals surface area contributed by atoms with Crippen molar-refractivity contribution in [1.82, 2.24) is 4.90 Å². The van der Waals surface area contributed by atoms with Gasteiger partial charge in [0.1, 0.15) is 0 Å². The normalized spacial score (nSPS) is 10.4. The Labute approximate surface area is 141 Å². The summed E-state index contributed by atoms with van der Waals surface area (Å²) in [5.74, 6) is -0.921. The summed E-state index contributed by atoms with van der Waals surface area (Å²) in [7, 11) is 3.33. The van der Waals surface area contributed by atoms with E-state index in [-0.39, 0.29) is 11.5 Å². The van der Waals surface area contributed by atoms with E-state index >= 15 is 0 Å². The Balaban J connectivity index is 2.11. The van der Waals surface area contributed by atoms with Crippen molar-refractivity contribution < 1.29 is 19.4 Å². The lowest BCUT2D eigenvalue weighted by Crippen LogP contribution is -2.26. The summed E-state index contributed by atoms with van der Waals surface area (Å²) in [6, 6.07) is 14.5. The van der Waals surface area contributed by atoms with E-state index in [0.29, 0.717) is 25.1 Å².